The topological polar surface area (TPSA) is 77.2 Å². The number of morpholine rings is 1. The molecule has 0 saturated carbocycles. The number of pyridine rings is 1. The van der Waals surface area contributed by atoms with Crippen molar-refractivity contribution in [3.05, 3.63) is 28.8 Å². The Balaban J connectivity index is 2.17. The van der Waals surface area contributed by atoms with E-state index in [2.05, 4.69) is 10.3 Å². The van der Waals surface area contributed by atoms with E-state index in [1.807, 2.05) is 12.1 Å². The van der Waals surface area contributed by atoms with Gasteiger partial charge in [0.25, 0.3) is 5.91 Å². The second-order valence-electron chi connectivity index (χ2n) is 4.13. The number of fused-ring (bicyclic) bond motifs is 1. The number of carbonyl (C=O) groups excluding carboxylic acids is 1. The van der Waals surface area contributed by atoms with Crippen molar-refractivity contribution in [1.29, 1.82) is 0 Å². The molecule has 0 spiro atoms. The number of hydrogen-bond donors (Lipinski definition) is 2. The number of nitrogens with zero attached hydrogens (tertiary/aromatic N) is 1. The number of amides is 1. The van der Waals surface area contributed by atoms with Gasteiger partial charge in [0.2, 0.25) is 0 Å². The van der Waals surface area contributed by atoms with E-state index >= 15 is 0 Å². The summed E-state index contributed by atoms with van der Waals surface area (Å²) in [6, 6.07) is 3.82. The molecule has 3 heterocycles. The predicted molar refractivity (Wildman–Crippen MR) is 69.7 cm³/mol. The van der Waals surface area contributed by atoms with E-state index in [0.29, 0.717) is 18.0 Å². The third-order valence-electron chi connectivity index (χ3n) is 2.98. The zero-order valence-corrected chi connectivity index (χ0v) is 10.5. The van der Waals surface area contributed by atoms with Gasteiger partial charge in [-0.2, -0.15) is 0 Å². The summed E-state index contributed by atoms with van der Waals surface area (Å²) in [6.45, 7) is 2.17. The van der Waals surface area contributed by atoms with Gasteiger partial charge in [-0.1, -0.05) is 6.07 Å². The maximum absolute atomic E-state index is 11.6. The number of rotatable bonds is 2. The second kappa shape index (κ2) is 4.64. The second-order valence-corrected chi connectivity index (χ2v) is 5.13. The summed E-state index contributed by atoms with van der Waals surface area (Å²) >= 11 is 1.33. The van der Waals surface area contributed by atoms with Crippen LogP contribution in [0.1, 0.15) is 21.3 Å². The van der Waals surface area contributed by atoms with E-state index in [1.54, 1.807) is 6.20 Å². The van der Waals surface area contributed by atoms with Crippen LogP contribution >= 0.6 is 11.3 Å². The van der Waals surface area contributed by atoms with Crippen molar-refractivity contribution < 1.29 is 9.53 Å². The summed E-state index contributed by atoms with van der Waals surface area (Å²) in [4.78, 5) is 17.2. The number of nitrogens with two attached hydrogens (primary N) is 1. The van der Waals surface area contributed by atoms with Gasteiger partial charge in [0, 0.05) is 30.2 Å². The van der Waals surface area contributed by atoms with Crippen LogP contribution in [0.4, 0.5) is 0 Å². The van der Waals surface area contributed by atoms with Gasteiger partial charge in [0.1, 0.15) is 9.71 Å². The van der Waals surface area contributed by atoms with Gasteiger partial charge in [0.15, 0.2) is 0 Å². The molecular formula is C12H13N3O2S. The summed E-state index contributed by atoms with van der Waals surface area (Å²) in [5, 5.41) is 4.22. The van der Waals surface area contributed by atoms with E-state index in [9.17, 15) is 4.79 Å². The number of carbonyl (C=O) groups is 1. The van der Waals surface area contributed by atoms with E-state index in [4.69, 9.17) is 10.5 Å². The maximum atomic E-state index is 11.6. The Hall–Kier alpha value is -1.50. The van der Waals surface area contributed by atoms with Crippen LogP contribution in [0, 0.1) is 0 Å². The molecule has 1 aliphatic rings. The van der Waals surface area contributed by atoms with Gasteiger partial charge in [-0.3, -0.25) is 4.79 Å². The molecule has 94 valence electrons. The molecule has 1 aliphatic heterocycles. The van der Waals surface area contributed by atoms with Gasteiger partial charge >= 0.3 is 0 Å². The molecular weight excluding hydrogens is 250 g/mol. The van der Waals surface area contributed by atoms with E-state index < -0.39 is 5.91 Å². The van der Waals surface area contributed by atoms with Crippen molar-refractivity contribution in [3.63, 3.8) is 0 Å². The van der Waals surface area contributed by atoms with Crippen LogP contribution in [0.5, 0.6) is 0 Å². The normalized spacial score (nSPS) is 20.1. The smallest absolute Gasteiger partial charge is 0.259 e. The molecule has 1 unspecified atom stereocenters. The molecule has 5 nitrogen and oxygen atoms in total. The summed E-state index contributed by atoms with van der Waals surface area (Å²) in [5.74, 6) is -0.415. The van der Waals surface area contributed by atoms with Crippen LogP contribution in [0.2, 0.25) is 0 Å². The standard InChI is InChI=1S/C12H13N3O2S/c13-11(16)10-9(8-6-14-4-5-17-8)7-2-1-3-15-12(7)18-10/h1-3,8,14H,4-6H2,(H2,13,16). The third-order valence-corrected chi connectivity index (χ3v) is 4.12. The van der Waals surface area contributed by atoms with E-state index in [-0.39, 0.29) is 6.10 Å². The fourth-order valence-electron chi connectivity index (χ4n) is 2.20. The molecule has 2 aromatic heterocycles. The molecule has 0 radical (unpaired) electrons. The fourth-order valence-corrected chi connectivity index (χ4v) is 3.25. The molecule has 0 bridgehead atoms. The lowest BCUT2D eigenvalue weighted by Gasteiger charge is -2.24. The van der Waals surface area contributed by atoms with Gasteiger partial charge in [-0.25, -0.2) is 4.98 Å². The van der Waals surface area contributed by atoms with Crippen molar-refractivity contribution in [2.24, 2.45) is 5.73 Å². The molecule has 3 rings (SSSR count). The zero-order valence-electron chi connectivity index (χ0n) is 9.68. The molecule has 1 amide bonds. The number of aromatic nitrogens is 1. The average molecular weight is 263 g/mol. The summed E-state index contributed by atoms with van der Waals surface area (Å²) in [7, 11) is 0. The van der Waals surface area contributed by atoms with Crippen molar-refractivity contribution in [2.75, 3.05) is 19.7 Å². The largest absolute Gasteiger partial charge is 0.371 e. The Morgan fingerprint density at radius 2 is 2.50 bits per heavy atom. The van der Waals surface area contributed by atoms with Crippen molar-refractivity contribution in [1.82, 2.24) is 10.3 Å². The third kappa shape index (κ3) is 1.88. The first-order valence-electron chi connectivity index (χ1n) is 5.77. The predicted octanol–water partition coefficient (Wildman–Crippen LogP) is 1.06. The average Bonchev–Trinajstić information content (AvgIpc) is 2.79. The first-order valence-corrected chi connectivity index (χ1v) is 6.58. The molecule has 2 aromatic rings. The molecule has 0 aromatic carbocycles. The van der Waals surface area contributed by atoms with Gasteiger partial charge < -0.3 is 15.8 Å². The molecule has 0 aliphatic carbocycles. The molecule has 18 heavy (non-hydrogen) atoms. The molecule has 1 saturated heterocycles. The Labute approximate surface area is 108 Å². The van der Waals surface area contributed by atoms with Crippen LogP contribution in [-0.2, 0) is 4.74 Å². The maximum Gasteiger partial charge on any atom is 0.259 e. The van der Waals surface area contributed by atoms with Crippen LogP contribution < -0.4 is 11.1 Å². The highest BCUT2D eigenvalue weighted by Gasteiger charge is 2.26. The minimum absolute atomic E-state index is 0.126. The summed E-state index contributed by atoms with van der Waals surface area (Å²) in [6.07, 6.45) is 1.59. The Morgan fingerprint density at radius 3 is 3.22 bits per heavy atom. The number of thiophene rings is 1. The minimum atomic E-state index is -0.415. The Kier molecular flexibility index (Phi) is 2.99. The lowest BCUT2D eigenvalue weighted by molar-refractivity contribution is 0.0283. The monoisotopic (exact) mass is 263 g/mol. The van der Waals surface area contributed by atoms with Gasteiger partial charge in [0.05, 0.1) is 12.7 Å². The quantitative estimate of drug-likeness (QED) is 0.849. The highest BCUT2D eigenvalue weighted by atomic mass is 32.1. The van der Waals surface area contributed by atoms with Crippen LogP contribution in [0.25, 0.3) is 10.2 Å². The van der Waals surface area contributed by atoms with Crippen LogP contribution in [-0.4, -0.2) is 30.6 Å². The molecule has 3 N–H and O–H groups in total. The summed E-state index contributed by atoms with van der Waals surface area (Å²) in [5.41, 5.74) is 6.33. The molecule has 1 atom stereocenters. The van der Waals surface area contributed by atoms with Crippen molar-refractivity contribution in [2.45, 2.75) is 6.10 Å². The lowest BCUT2D eigenvalue weighted by atomic mass is 10.1. The fraction of sp³-hybridized carbons (Fsp3) is 0.333. The van der Waals surface area contributed by atoms with Crippen LogP contribution in [0.3, 0.4) is 0 Å². The van der Waals surface area contributed by atoms with Crippen LogP contribution in [0.15, 0.2) is 18.3 Å². The highest BCUT2D eigenvalue weighted by Crippen LogP contribution is 2.35. The number of hydrogen-bond acceptors (Lipinski definition) is 5. The van der Waals surface area contributed by atoms with Gasteiger partial charge in [-0.05, 0) is 6.07 Å². The van der Waals surface area contributed by atoms with Crippen molar-refractivity contribution in [3.8, 4) is 0 Å². The Bertz CT molecular complexity index is 590. The zero-order chi connectivity index (χ0) is 12.5. The van der Waals surface area contributed by atoms with Crippen molar-refractivity contribution >= 4 is 27.5 Å². The number of ether oxygens (including phenoxy) is 1. The SMILES string of the molecule is NC(=O)c1sc2ncccc2c1C1CNCCO1. The summed E-state index contributed by atoms with van der Waals surface area (Å²) < 4.78 is 5.73. The minimum Gasteiger partial charge on any atom is -0.371 e. The highest BCUT2D eigenvalue weighted by molar-refractivity contribution is 7.20. The number of primary amides is 1. The van der Waals surface area contributed by atoms with E-state index in [0.717, 1.165) is 22.3 Å². The molecule has 1 fully saturated rings. The first-order chi connectivity index (χ1) is 8.77. The van der Waals surface area contributed by atoms with E-state index in [1.165, 1.54) is 11.3 Å². The lowest BCUT2D eigenvalue weighted by Crippen LogP contribution is -2.34. The number of nitrogens with one attached hydrogen (secondary N) is 1. The Morgan fingerprint density at radius 1 is 1.61 bits per heavy atom. The first kappa shape index (κ1) is 11.6. The molecule has 6 heteroatoms. The van der Waals surface area contributed by atoms with Gasteiger partial charge in [-0.15, -0.1) is 11.3 Å².